The Morgan fingerprint density at radius 1 is 0.284 bits per heavy atom. The van der Waals surface area contributed by atoms with Crippen LogP contribution in [-0.2, 0) is 28.6 Å². The standard InChI is InChI=1S/C68H116O6/c1-4-7-10-13-16-19-22-25-28-31-34-37-40-43-46-49-52-55-58-61-67(70)73-64-65(63-72-66(69)60-57-54-51-48-45-42-39-36-33-30-27-24-21-18-15-12-9-6-3)74-68(71)62-59-56-53-50-47-44-41-38-35-32-29-26-23-20-17-14-11-8-5-2/h7,10,16-17,19-20,25-26,28-29,34,37,43,46,52,55,65H,4-6,8-9,11-15,18,21-24,27,30-33,35-36,38-42,44-45,47-51,53-54,56-64H2,1-3H3/b10-7-,19-16-,20-17-,28-25-,29-26-,37-34-,46-43-,55-52-/t65-/m1/s1. The summed E-state index contributed by atoms with van der Waals surface area (Å²) in [5, 5.41) is 0. The number of hydrogen-bond acceptors (Lipinski definition) is 6. The topological polar surface area (TPSA) is 78.9 Å². The molecule has 0 radical (unpaired) electrons. The lowest BCUT2D eigenvalue weighted by Gasteiger charge is -2.18. The molecule has 0 aromatic heterocycles. The molecule has 424 valence electrons. The third-order valence-corrected chi connectivity index (χ3v) is 13.3. The van der Waals surface area contributed by atoms with E-state index in [0.717, 1.165) is 83.5 Å². The van der Waals surface area contributed by atoms with Crippen LogP contribution in [-0.4, -0.2) is 37.2 Å². The number of carbonyl (C=O) groups excluding carboxylic acids is 3. The molecule has 0 aliphatic rings. The van der Waals surface area contributed by atoms with Gasteiger partial charge in [0.2, 0.25) is 0 Å². The molecule has 0 aromatic carbocycles. The fourth-order valence-electron chi connectivity index (χ4n) is 8.68. The summed E-state index contributed by atoms with van der Waals surface area (Å²) in [5.74, 6) is -0.982. The van der Waals surface area contributed by atoms with Gasteiger partial charge in [0.05, 0.1) is 0 Å². The van der Waals surface area contributed by atoms with Gasteiger partial charge >= 0.3 is 17.9 Å². The van der Waals surface area contributed by atoms with Crippen LogP contribution in [0, 0.1) is 0 Å². The van der Waals surface area contributed by atoms with Crippen LogP contribution in [0.3, 0.4) is 0 Å². The Balaban J connectivity index is 4.48. The quantitative estimate of drug-likeness (QED) is 0.0261. The minimum absolute atomic E-state index is 0.100. The number of carbonyl (C=O) groups is 3. The van der Waals surface area contributed by atoms with E-state index in [0.29, 0.717) is 19.3 Å². The Hall–Kier alpha value is -3.67. The van der Waals surface area contributed by atoms with Gasteiger partial charge in [0.25, 0.3) is 0 Å². The van der Waals surface area contributed by atoms with Crippen molar-refractivity contribution in [1.82, 2.24) is 0 Å². The van der Waals surface area contributed by atoms with Crippen LogP contribution in [0.25, 0.3) is 0 Å². The van der Waals surface area contributed by atoms with Gasteiger partial charge in [-0.15, -0.1) is 0 Å². The average molecular weight is 1030 g/mol. The van der Waals surface area contributed by atoms with Crippen molar-refractivity contribution < 1.29 is 28.6 Å². The second-order valence-electron chi connectivity index (χ2n) is 20.6. The third kappa shape index (κ3) is 59.2. The molecule has 0 rings (SSSR count). The fraction of sp³-hybridized carbons (Fsp3) is 0.721. The van der Waals surface area contributed by atoms with Gasteiger partial charge in [-0.05, 0) is 89.9 Å². The van der Waals surface area contributed by atoms with Crippen LogP contribution in [0.2, 0.25) is 0 Å². The molecule has 0 unspecified atom stereocenters. The minimum Gasteiger partial charge on any atom is -0.462 e. The molecule has 0 aliphatic heterocycles. The van der Waals surface area contributed by atoms with Gasteiger partial charge in [-0.2, -0.15) is 0 Å². The molecule has 0 bridgehead atoms. The number of allylic oxidation sites excluding steroid dienone is 16. The van der Waals surface area contributed by atoms with E-state index in [4.69, 9.17) is 14.2 Å². The van der Waals surface area contributed by atoms with Gasteiger partial charge in [-0.1, -0.05) is 285 Å². The van der Waals surface area contributed by atoms with Crippen molar-refractivity contribution in [2.75, 3.05) is 13.2 Å². The van der Waals surface area contributed by atoms with E-state index in [1.165, 1.54) is 167 Å². The zero-order valence-electron chi connectivity index (χ0n) is 48.6. The van der Waals surface area contributed by atoms with Crippen molar-refractivity contribution >= 4 is 17.9 Å². The van der Waals surface area contributed by atoms with Crippen molar-refractivity contribution in [3.8, 4) is 0 Å². The lowest BCUT2D eigenvalue weighted by atomic mass is 10.0. The summed E-state index contributed by atoms with van der Waals surface area (Å²) in [6.07, 6.45) is 82.7. The molecule has 6 heteroatoms. The van der Waals surface area contributed by atoms with E-state index in [-0.39, 0.29) is 37.5 Å². The van der Waals surface area contributed by atoms with Crippen LogP contribution in [0.4, 0.5) is 0 Å². The van der Waals surface area contributed by atoms with Crippen molar-refractivity contribution in [1.29, 1.82) is 0 Å². The number of rotatable bonds is 56. The molecular weight excluding hydrogens is 913 g/mol. The van der Waals surface area contributed by atoms with Gasteiger partial charge < -0.3 is 14.2 Å². The van der Waals surface area contributed by atoms with E-state index in [9.17, 15) is 14.4 Å². The van der Waals surface area contributed by atoms with Gasteiger partial charge in [-0.25, -0.2) is 0 Å². The van der Waals surface area contributed by atoms with E-state index in [2.05, 4.69) is 112 Å². The molecule has 6 nitrogen and oxygen atoms in total. The molecule has 0 spiro atoms. The smallest absolute Gasteiger partial charge is 0.306 e. The number of esters is 3. The molecule has 1 atom stereocenters. The average Bonchev–Trinajstić information content (AvgIpc) is 3.40. The van der Waals surface area contributed by atoms with Crippen LogP contribution in [0.15, 0.2) is 97.2 Å². The van der Waals surface area contributed by atoms with E-state index >= 15 is 0 Å². The number of unbranched alkanes of at least 4 members (excludes halogenated alkanes) is 29. The first kappa shape index (κ1) is 70.3. The highest BCUT2D eigenvalue weighted by Crippen LogP contribution is 2.16. The highest BCUT2D eigenvalue weighted by molar-refractivity contribution is 5.71. The second kappa shape index (κ2) is 61.9. The van der Waals surface area contributed by atoms with Gasteiger partial charge in [-0.3, -0.25) is 14.4 Å². The van der Waals surface area contributed by atoms with E-state index in [1.807, 2.05) is 6.08 Å². The van der Waals surface area contributed by atoms with Gasteiger partial charge in [0.15, 0.2) is 6.10 Å². The van der Waals surface area contributed by atoms with Crippen LogP contribution in [0.1, 0.15) is 297 Å². The lowest BCUT2D eigenvalue weighted by molar-refractivity contribution is -0.166. The molecule has 0 amide bonds. The molecule has 0 saturated heterocycles. The predicted molar refractivity (Wildman–Crippen MR) is 320 cm³/mol. The monoisotopic (exact) mass is 1030 g/mol. The largest absolute Gasteiger partial charge is 0.462 e. The maximum absolute atomic E-state index is 12.9. The molecule has 0 saturated carbocycles. The zero-order chi connectivity index (χ0) is 53.6. The van der Waals surface area contributed by atoms with Gasteiger partial charge in [0, 0.05) is 19.3 Å². The maximum Gasteiger partial charge on any atom is 0.306 e. The Labute approximate surface area is 457 Å². The zero-order valence-corrected chi connectivity index (χ0v) is 48.6. The highest BCUT2D eigenvalue weighted by Gasteiger charge is 2.19. The summed E-state index contributed by atoms with van der Waals surface area (Å²) in [7, 11) is 0. The maximum atomic E-state index is 12.9. The Morgan fingerprint density at radius 3 is 0.932 bits per heavy atom. The summed E-state index contributed by atoms with van der Waals surface area (Å²) in [4.78, 5) is 38.3. The number of hydrogen-bond donors (Lipinski definition) is 0. The lowest BCUT2D eigenvalue weighted by Crippen LogP contribution is -2.30. The summed E-state index contributed by atoms with van der Waals surface area (Å²) >= 11 is 0. The first-order chi connectivity index (χ1) is 36.5. The van der Waals surface area contributed by atoms with Crippen molar-refractivity contribution in [2.45, 2.75) is 303 Å². The van der Waals surface area contributed by atoms with Crippen LogP contribution in [0.5, 0.6) is 0 Å². The van der Waals surface area contributed by atoms with Crippen LogP contribution >= 0.6 is 0 Å². The predicted octanol–water partition coefficient (Wildman–Crippen LogP) is 21.3. The fourth-order valence-corrected chi connectivity index (χ4v) is 8.68. The van der Waals surface area contributed by atoms with Crippen molar-refractivity contribution in [3.63, 3.8) is 0 Å². The van der Waals surface area contributed by atoms with E-state index < -0.39 is 6.10 Å². The first-order valence-electron chi connectivity index (χ1n) is 31.2. The molecule has 0 fully saturated rings. The summed E-state index contributed by atoms with van der Waals surface area (Å²) < 4.78 is 16.9. The highest BCUT2D eigenvalue weighted by atomic mass is 16.6. The molecule has 0 N–H and O–H groups in total. The third-order valence-electron chi connectivity index (χ3n) is 13.3. The molecular formula is C68H116O6. The Bertz CT molecular complexity index is 1460. The van der Waals surface area contributed by atoms with Crippen molar-refractivity contribution in [2.24, 2.45) is 0 Å². The summed E-state index contributed by atoms with van der Waals surface area (Å²) in [6, 6.07) is 0. The van der Waals surface area contributed by atoms with Crippen molar-refractivity contribution in [3.05, 3.63) is 97.2 Å². The number of ether oxygens (including phenoxy) is 3. The Kier molecular flexibility index (Phi) is 58.8. The molecule has 0 aliphatic carbocycles. The molecule has 0 heterocycles. The normalized spacial score (nSPS) is 12.7. The summed E-state index contributed by atoms with van der Waals surface area (Å²) in [5.41, 5.74) is 0. The second-order valence-corrected chi connectivity index (χ2v) is 20.6. The first-order valence-corrected chi connectivity index (χ1v) is 31.2. The Morgan fingerprint density at radius 2 is 0.554 bits per heavy atom. The SMILES string of the molecule is CC/C=C\C/C=C\C/C=C\C/C=C\C/C=C\C/C=C\CCC(=O)OC[C@@H](COC(=O)CCCCCCCCCCCCCCCCCCCC)OC(=O)CCCCCCCCCCC/C=C\C/C=C\CCCCC. The van der Waals surface area contributed by atoms with E-state index in [1.54, 1.807) is 0 Å². The summed E-state index contributed by atoms with van der Waals surface area (Å²) in [6.45, 7) is 6.47. The van der Waals surface area contributed by atoms with Gasteiger partial charge in [0.1, 0.15) is 13.2 Å². The molecule has 0 aromatic rings. The van der Waals surface area contributed by atoms with Crippen LogP contribution < -0.4 is 0 Å². The minimum atomic E-state index is -0.811. The molecule has 74 heavy (non-hydrogen) atoms.